The van der Waals surface area contributed by atoms with Gasteiger partial charge in [-0.25, -0.2) is 0 Å². The number of nitrogens with one attached hydrogen (secondary N) is 2. The van der Waals surface area contributed by atoms with Crippen molar-refractivity contribution in [2.24, 2.45) is 5.73 Å². The molecule has 0 aliphatic carbocycles. The van der Waals surface area contributed by atoms with Gasteiger partial charge in [-0.15, -0.1) is 0 Å². The number of carbonyl (C=O) groups is 1. The molecule has 4 N–H and O–H groups in total. The molecule has 0 spiro atoms. The van der Waals surface area contributed by atoms with Gasteiger partial charge in [0.15, 0.2) is 11.3 Å². The lowest BCUT2D eigenvalue weighted by Crippen LogP contribution is -3.25. The van der Waals surface area contributed by atoms with Crippen LogP contribution in [0.15, 0.2) is 0 Å². The summed E-state index contributed by atoms with van der Waals surface area (Å²) in [5.41, 5.74) is 5.50. The van der Waals surface area contributed by atoms with E-state index in [1.807, 2.05) is 0 Å². The number of rotatable bonds is 5. The number of ketones is 1. The summed E-state index contributed by atoms with van der Waals surface area (Å²) in [6.45, 7) is 5.67. The van der Waals surface area contributed by atoms with Gasteiger partial charge in [0, 0.05) is 19.3 Å². The predicted molar refractivity (Wildman–Crippen MR) is 86.5 cm³/mol. The van der Waals surface area contributed by atoms with Gasteiger partial charge in [-0.05, 0) is 45.3 Å². The molecule has 0 aromatic heterocycles. The molecular formula is C17H34N3O+. The molecule has 0 saturated carbocycles. The molecule has 3 rings (SSSR count). The van der Waals surface area contributed by atoms with E-state index in [2.05, 4.69) is 5.32 Å². The summed E-state index contributed by atoms with van der Waals surface area (Å²) in [6, 6.07) is 0. The molecule has 3 heterocycles. The van der Waals surface area contributed by atoms with Crippen LogP contribution in [-0.2, 0) is 4.79 Å². The quantitative estimate of drug-likeness (QED) is 0.653. The number of carbonyl (C=O) groups excluding carboxylic acids is 1. The monoisotopic (exact) mass is 296 g/mol. The van der Waals surface area contributed by atoms with Crippen molar-refractivity contribution in [3.8, 4) is 0 Å². The first-order valence-electron chi connectivity index (χ1n) is 9.09. The molecule has 3 fully saturated rings. The normalized spacial score (nSPS) is 31.4. The van der Waals surface area contributed by atoms with Crippen LogP contribution < -0.4 is 16.0 Å². The van der Waals surface area contributed by atoms with Crippen LogP contribution in [0.2, 0.25) is 0 Å². The zero-order valence-electron chi connectivity index (χ0n) is 13.6. The number of nitrogens with two attached hydrogens (primary N) is 1. The summed E-state index contributed by atoms with van der Waals surface area (Å²) in [5.74, 6) is 0.518. The third-order valence-corrected chi connectivity index (χ3v) is 5.46. The van der Waals surface area contributed by atoms with E-state index in [0.29, 0.717) is 5.78 Å². The van der Waals surface area contributed by atoms with Crippen molar-refractivity contribution in [3.05, 3.63) is 0 Å². The fourth-order valence-electron chi connectivity index (χ4n) is 4.00. The summed E-state index contributed by atoms with van der Waals surface area (Å²) in [6.07, 6.45) is 11.9. The Morgan fingerprint density at radius 1 is 1.00 bits per heavy atom. The zero-order chi connectivity index (χ0) is 15.0. The summed E-state index contributed by atoms with van der Waals surface area (Å²) in [5, 5.41) is 3.35. The molecule has 0 amide bonds. The van der Waals surface area contributed by atoms with Crippen molar-refractivity contribution in [1.29, 1.82) is 0 Å². The predicted octanol–water partition coefficient (Wildman–Crippen LogP) is 0.656. The van der Waals surface area contributed by atoms with Crippen molar-refractivity contribution >= 4 is 5.78 Å². The minimum atomic E-state index is 0.0780. The molecule has 21 heavy (non-hydrogen) atoms. The lowest BCUT2D eigenvalue weighted by Gasteiger charge is -2.42. The van der Waals surface area contributed by atoms with E-state index in [-0.39, 0.29) is 5.54 Å². The van der Waals surface area contributed by atoms with Gasteiger partial charge in [-0.1, -0.05) is 12.8 Å². The molecule has 3 saturated heterocycles. The van der Waals surface area contributed by atoms with Crippen LogP contribution in [-0.4, -0.2) is 44.0 Å². The topological polar surface area (TPSA) is 59.6 Å². The lowest BCUT2D eigenvalue weighted by molar-refractivity contribution is -0.971. The maximum Gasteiger partial charge on any atom is 0.193 e. The first kappa shape index (κ1) is 16.9. The average Bonchev–Trinajstić information content (AvgIpc) is 2.69. The molecule has 2 unspecified atom stereocenters. The van der Waals surface area contributed by atoms with Crippen LogP contribution in [0.5, 0.6) is 0 Å². The lowest BCUT2D eigenvalue weighted by atomic mass is 9.79. The minimum Gasteiger partial charge on any atom is -0.330 e. The number of quaternary nitrogens is 1. The van der Waals surface area contributed by atoms with Gasteiger partial charge in [0.05, 0.1) is 19.5 Å². The van der Waals surface area contributed by atoms with E-state index < -0.39 is 0 Å². The first-order chi connectivity index (χ1) is 10.3. The van der Waals surface area contributed by atoms with Gasteiger partial charge in [0.25, 0.3) is 0 Å². The van der Waals surface area contributed by atoms with Gasteiger partial charge in [-0.3, -0.25) is 4.79 Å². The number of Topliss-reactive ketones (excluding diaryl/α,β-unsaturated/α-hetero) is 1. The van der Waals surface area contributed by atoms with E-state index >= 15 is 0 Å². The van der Waals surface area contributed by atoms with Crippen LogP contribution in [0, 0.1) is 0 Å². The van der Waals surface area contributed by atoms with Crippen LogP contribution >= 0.6 is 0 Å². The molecule has 0 aromatic carbocycles. The van der Waals surface area contributed by atoms with Crippen LogP contribution in [0.1, 0.15) is 64.2 Å². The Bertz CT molecular complexity index is 302. The Hall–Kier alpha value is -0.450. The highest BCUT2D eigenvalue weighted by Crippen LogP contribution is 2.27. The molecule has 0 aromatic rings. The number of fused-ring (bicyclic) bond motifs is 1. The highest BCUT2D eigenvalue weighted by atomic mass is 16.1. The largest absolute Gasteiger partial charge is 0.330 e. The highest BCUT2D eigenvalue weighted by Gasteiger charge is 2.57. The van der Waals surface area contributed by atoms with Gasteiger partial charge in [0.1, 0.15) is 0 Å². The Morgan fingerprint density at radius 3 is 2.33 bits per heavy atom. The molecular weight excluding hydrogens is 262 g/mol. The molecule has 122 valence electrons. The average molecular weight is 296 g/mol. The molecule has 3 aliphatic rings. The van der Waals surface area contributed by atoms with E-state index in [9.17, 15) is 4.79 Å². The van der Waals surface area contributed by atoms with E-state index in [1.165, 1.54) is 58.3 Å². The first-order valence-corrected chi connectivity index (χ1v) is 9.09. The van der Waals surface area contributed by atoms with Crippen molar-refractivity contribution in [3.63, 3.8) is 0 Å². The Balaban J connectivity index is 0.000000194. The fourth-order valence-corrected chi connectivity index (χ4v) is 4.00. The van der Waals surface area contributed by atoms with Gasteiger partial charge >= 0.3 is 0 Å². The highest BCUT2D eigenvalue weighted by molar-refractivity contribution is 5.87. The number of hydrogen-bond donors (Lipinski definition) is 3. The van der Waals surface area contributed by atoms with Crippen LogP contribution in [0.25, 0.3) is 0 Å². The third-order valence-electron chi connectivity index (χ3n) is 5.46. The SMILES string of the molecule is C1CCCNCC1.NCCCCC(=O)C12CCC[NH+]1CC2. The minimum absolute atomic E-state index is 0.0780. The van der Waals surface area contributed by atoms with Crippen molar-refractivity contribution in [2.75, 3.05) is 32.7 Å². The Morgan fingerprint density at radius 2 is 1.76 bits per heavy atom. The van der Waals surface area contributed by atoms with Crippen LogP contribution in [0.4, 0.5) is 0 Å². The second-order valence-electron chi connectivity index (χ2n) is 6.87. The Kier molecular flexibility index (Phi) is 7.14. The summed E-state index contributed by atoms with van der Waals surface area (Å²) in [4.78, 5) is 13.6. The maximum atomic E-state index is 12.0. The molecule has 0 bridgehead atoms. The molecule has 4 heteroatoms. The van der Waals surface area contributed by atoms with E-state index in [1.54, 1.807) is 4.90 Å². The zero-order valence-corrected chi connectivity index (χ0v) is 13.6. The van der Waals surface area contributed by atoms with Crippen molar-refractivity contribution < 1.29 is 9.69 Å². The Labute approximate surface area is 129 Å². The van der Waals surface area contributed by atoms with Crippen molar-refractivity contribution in [1.82, 2.24) is 5.32 Å². The third kappa shape index (κ3) is 4.51. The standard InChI is InChI=1S/C11H20N2O.C6H13N/c12-7-2-1-4-10(14)11-5-3-8-13(11)9-6-11;1-2-4-6-7-5-3-1/h1-9,12H2;7H,1-6H2/p+1. The van der Waals surface area contributed by atoms with Gasteiger partial charge in [0.2, 0.25) is 0 Å². The molecule has 2 atom stereocenters. The van der Waals surface area contributed by atoms with Gasteiger partial charge in [-0.2, -0.15) is 0 Å². The maximum absolute atomic E-state index is 12.0. The summed E-state index contributed by atoms with van der Waals surface area (Å²) < 4.78 is 0. The fraction of sp³-hybridized carbons (Fsp3) is 0.941. The molecule has 3 aliphatic heterocycles. The summed E-state index contributed by atoms with van der Waals surface area (Å²) in [7, 11) is 0. The second-order valence-corrected chi connectivity index (χ2v) is 6.87. The van der Waals surface area contributed by atoms with E-state index in [0.717, 1.165) is 38.6 Å². The van der Waals surface area contributed by atoms with E-state index in [4.69, 9.17) is 5.73 Å². The number of unbranched alkanes of at least 4 members (excludes halogenated alkanes) is 1. The molecule has 4 nitrogen and oxygen atoms in total. The van der Waals surface area contributed by atoms with Crippen molar-refractivity contribution in [2.45, 2.75) is 69.7 Å². The number of hydrogen-bond acceptors (Lipinski definition) is 3. The summed E-state index contributed by atoms with van der Waals surface area (Å²) >= 11 is 0. The van der Waals surface area contributed by atoms with Crippen LogP contribution in [0.3, 0.4) is 0 Å². The second kappa shape index (κ2) is 8.86. The van der Waals surface area contributed by atoms with Gasteiger partial charge < -0.3 is 16.0 Å². The molecule has 0 radical (unpaired) electrons. The smallest absolute Gasteiger partial charge is 0.193 e.